The molecule has 0 saturated carbocycles. The maximum atomic E-state index is 12.8. The van der Waals surface area contributed by atoms with Gasteiger partial charge in [-0.05, 0) is 42.8 Å². The first-order valence-corrected chi connectivity index (χ1v) is 9.48. The van der Waals surface area contributed by atoms with Gasteiger partial charge in [0, 0.05) is 24.3 Å². The molecule has 1 aliphatic rings. The van der Waals surface area contributed by atoms with Crippen molar-refractivity contribution in [3.63, 3.8) is 0 Å². The smallest absolute Gasteiger partial charge is 0.251 e. The topological polar surface area (TPSA) is 90.9 Å². The first-order chi connectivity index (χ1) is 14.0. The number of benzene rings is 2. The molecule has 1 atom stereocenters. The molecule has 1 unspecified atom stereocenters. The fraction of sp³-hybridized carbons (Fsp3) is 0.273. The van der Waals surface area contributed by atoms with E-state index in [1.165, 1.54) is 18.2 Å². The Kier molecular flexibility index (Phi) is 6.51. The van der Waals surface area contributed by atoms with E-state index in [-0.39, 0.29) is 23.4 Å². The lowest BCUT2D eigenvalue weighted by molar-refractivity contribution is -0.111. The number of nitrogens with zero attached hydrogens (tertiary/aromatic N) is 1. The van der Waals surface area contributed by atoms with Crippen molar-refractivity contribution in [3.8, 4) is 5.75 Å². The van der Waals surface area contributed by atoms with E-state index < -0.39 is 5.91 Å². The number of para-hydroxylation sites is 1. The number of ether oxygens (including phenoxy) is 1. The van der Waals surface area contributed by atoms with Gasteiger partial charge in [0.1, 0.15) is 5.75 Å². The van der Waals surface area contributed by atoms with Crippen LogP contribution in [0.3, 0.4) is 0 Å². The van der Waals surface area contributed by atoms with E-state index in [2.05, 4.69) is 22.1 Å². The number of hydrogen-bond acceptors (Lipinski definition) is 5. The average Bonchev–Trinajstić information content (AvgIpc) is 2.75. The van der Waals surface area contributed by atoms with E-state index in [4.69, 9.17) is 4.74 Å². The summed E-state index contributed by atoms with van der Waals surface area (Å²) >= 11 is 0. The van der Waals surface area contributed by atoms with Crippen LogP contribution in [-0.4, -0.2) is 43.2 Å². The van der Waals surface area contributed by atoms with E-state index in [1.54, 1.807) is 0 Å². The van der Waals surface area contributed by atoms with Crippen LogP contribution in [0.5, 0.6) is 5.75 Å². The van der Waals surface area contributed by atoms with Gasteiger partial charge in [0.05, 0.1) is 24.9 Å². The van der Waals surface area contributed by atoms with Crippen LogP contribution in [0.15, 0.2) is 55.1 Å². The third-order valence-corrected chi connectivity index (χ3v) is 4.80. The Hall–Kier alpha value is -3.32. The van der Waals surface area contributed by atoms with Gasteiger partial charge in [-0.15, -0.1) is 0 Å². The molecule has 1 fully saturated rings. The van der Waals surface area contributed by atoms with Crippen molar-refractivity contribution < 1.29 is 19.4 Å². The SMILES string of the molecule is C=CC(=O)Nc1cc(C(=O)NC(C)c2ccccc2N2CCOCC2)ccc1O. The lowest BCUT2D eigenvalue weighted by atomic mass is 10.0. The minimum Gasteiger partial charge on any atom is -0.506 e. The number of hydrogen-bond donors (Lipinski definition) is 3. The van der Waals surface area contributed by atoms with Crippen LogP contribution >= 0.6 is 0 Å². The maximum absolute atomic E-state index is 12.8. The molecule has 3 N–H and O–H groups in total. The summed E-state index contributed by atoms with van der Waals surface area (Å²) in [5.41, 5.74) is 2.58. The van der Waals surface area contributed by atoms with Crippen molar-refractivity contribution in [2.45, 2.75) is 13.0 Å². The van der Waals surface area contributed by atoms with Crippen molar-refractivity contribution in [1.82, 2.24) is 5.32 Å². The molecule has 152 valence electrons. The molecular weight excluding hydrogens is 370 g/mol. The number of rotatable bonds is 6. The molecule has 0 aliphatic carbocycles. The zero-order valence-corrected chi connectivity index (χ0v) is 16.4. The molecule has 1 saturated heterocycles. The van der Waals surface area contributed by atoms with Crippen molar-refractivity contribution in [3.05, 3.63) is 66.2 Å². The lowest BCUT2D eigenvalue weighted by Crippen LogP contribution is -2.37. The molecule has 1 heterocycles. The monoisotopic (exact) mass is 395 g/mol. The van der Waals surface area contributed by atoms with Gasteiger partial charge in [0.15, 0.2) is 0 Å². The number of phenolic OH excluding ortho intramolecular Hbond substituents is 1. The minimum atomic E-state index is -0.467. The van der Waals surface area contributed by atoms with Crippen LogP contribution < -0.4 is 15.5 Å². The molecule has 7 nitrogen and oxygen atoms in total. The number of carbonyl (C=O) groups is 2. The summed E-state index contributed by atoms with van der Waals surface area (Å²) in [5.74, 6) is -0.892. The molecule has 0 radical (unpaired) electrons. The van der Waals surface area contributed by atoms with Gasteiger partial charge in [-0.2, -0.15) is 0 Å². The van der Waals surface area contributed by atoms with Crippen molar-refractivity contribution in [1.29, 1.82) is 0 Å². The van der Waals surface area contributed by atoms with Crippen LogP contribution in [0.25, 0.3) is 0 Å². The number of anilines is 2. The third-order valence-electron chi connectivity index (χ3n) is 4.80. The average molecular weight is 395 g/mol. The molecule has 0 spiro atoms. The summed E-state index contributed by atoms with van der Waals surface area (Å²) in [6, 6.07) is 12.1. The van der Waals surface area contributed by atoms with E-state index in [0.29, 0.717) is 18.8 Å². The number of nitrogens with one attached hydrogen (secondary N) is 2. The highest BCUT2D eigenvalue weighted by atomic mass is 16.5. The fourth-order valence-electron chi connectivity index (χ4n) is 3.26. The van der Waals surface area contributed by atoms with Crippen LogP contribution in [0, 0.1) is 0 Å². The van der Waals surface area contributed by atoms with Crippen LogP contribution in [0.1, 0.15) is 28.9 Å². The number of carbonyl (C=O) groups excluding carboxylic acids is 2. The van der Waals surface area contributed by atoms with Gasteiger partial charge in [0.25, 0.3) is 5.91 Å². The Morgan fingerprint density at radius 2 is 1.93 bits per heavy atom. The molecule has 2 aromatic carbocycles. The molecule has 0 aromatic heterocycles. The molecule has 2 amide bonds. The summed E-state index contributed by atoms with van der Waals surface area (Å²) in [4.78, 5) is 26.5. The van der Waals surface area contributed by atoms with Crippen LogP contribution in [-0.2, 0) is 9.53 Å². The second kappa shape index (κ2) is 9.25. The first kappa shape index (κ1) is 20.4. The number of phenols is 1. The standard InChI is InChI=1S/C22H25N3O4/c1-3-21(27)24-18-14-16(8-9-20(18)26)22(28)23-15(2)17-6-4-5-7-19(17)25-10-12-29-13-11-25/h3-9,14-15,26H,1,10-13H2,2H3,(H,23,28)(H,24,27). The normalized spacial score (nSPS) is 14.7. The second-order valence-electron chi connectivity index (χ2n) is 6.78. The summed E-state index contributed by atoms with van der Waals surface area (Å²) in [5, 5.41) is 15.4. The highest BCUT2D eigenvalue weighted by molar-refractivity contribution is 6.02. The van der Waals surface area contributed by atoms with Crippen LogP contribution in [0.2, 0.25) is 0 Å². The van der Waals surface area contributed by atoms with Crippen molar-refractivity contribution in [2.24, 2.45) is 0 Å². The number of amides is 2. The molecular formula is C22H25N3O4. The van der Waals surface area contributed by atoms with E-state index in [9.17, 15) is 14.7 Å². The van der Waals surface area contributed by atoms with Gasteiger partial charge >= 0.3 is 0 Å². The van der Waals surface area contributed by atoms with Crippen molar-refractivity contribution in [2.75, 3.05) is 36.5 Å². The summed E-state index contributed by atoms with van der Waals surface area (Å²) in [6.07, 6.45) is 1.09. The van der Waals surface area contributed by atoms with E-state index in [1.807, 2.05) is 31.2 Å². The number of morpholine rings is 1. The highest BCUT2D eigenvalue weighted by Gasteiger charge is 2.20. The zero-order valence-electron chi connectivity index (χ0n) is 16.4. The Morgan fingerprint density at radius 1 is 1.21 bits per heavy atom. The first-order valence-electron chi connectivity index (χ1n) is 9.48. The lowest BCUT2D eigenvalue weighted by Gasteiger charge is -2.32. The predicted octanol–water partition coefficient (Wildman–Crippen LogP) is 2.84. The van der Waals surface area contributed by atoms with Crippen molar-refractivity contribution >= 4 is 23.2 Å². The van der Waals surface area contributed by atoms with Gasteiger partial charge in [-0.1, -0.05) is 24.8 Å². The predicted molar refractivity (Wildman–Crippen MR) is 112 cm³/mol. The second-order valence-corrected chi connectivity index (χ2v) is 6.78. The maximum Gasteiger partial charge on any atom is 0.251 e. The Balaban J connectivity index is 1.77. The third kappa shape index (κ3) is 4.94. The largest absolute Gasteiger partial charge is 0.506 e. The molecule has 29 heavy (non-hydrogen) atoms. The molecule has 2 aromatic rings. The van der Waals surface area contributed by atoms with E-state index in [0.717, 1.165) is 30.4 Å². The van der Waals surface area contributed by atoms with Gasteiger partial charge in [0.2, 0.25) is 5.91 Å². The van der Waals surface area contributed by atoms with Gasteiger partial charge < -0.3 is 25.4 Å². The molecule has 7 heteroatoms. The van der Waals surface area contributed by atoms with Gasteiger partial charge in [-0.3, -0.25) is 9.59 Å². The minimum absolute atomic E-state index is 0.123. The highest BCUT2D eigenvalue weighted by Crippen LogP contribution is 2.28. The Bertz CT molecular complexity index is 907. The summed E-state index contributed by atoms with van der Waals surface area (Å²) in [7, 11) is 0. The van der Waals surface area contributed by atoms with Gasteiger partial charge in [-0.25, -0.2) is 0 Å². The zero-order chi connectivity index (χ0) is 20.8. The molecule has 3 rings (SSSR count). The molecule has 1 aliphatic heterocycles. The van der Waals surface area contributed by atoms with E-state index >= 15 is 0 Å². The fourth-order valence-corrected chi connectivity index (χ4v) is 3.26. The number of aromatic hydroxyl groups is 1. The Labute approximate surface area is 170 Å². The van der Waals surface area contributed by atoms with Crippen LogP contribution in [0.4, 0.5) is 11.4 Å². The Morgan fingerprint density at radius 3 is 2.66 bits per heavy atom. The quantitative estimate of drug-likeness (QED) is 0.517. The summed E-state index contributed by atoms with van der Waals surface area (Å²) in [6.45, 7) is 8.29. The summed E-state index contributed by atoms with van der Waals surface area (Å²) < 4.78 is 5.43. The molecule has 0 bridgehead atoms.